The quantitative estimate of drug-likeness (QED) is 0.436. The summed E-state index contributed by atoms with van der Waals surface area (Å²) in [4.78, 5) is 14.9. The van der Waals surface area contributed by atoms with Gasteiger partial charge in [0.05, 0.1) is 5.60 Å². The van der Waals surface area contributed by atoms with E-state index in [0.29, 0.717) is 30.8 Å². The highest BCUT2D eigenvalue weighted by molar-refractivity contribution is 5.43. The number of nitrogens with two attached hydrogens (primary N) is 1. The zero-order valence-corrected chi connectivity index (χ0v) is 12.1. The summed E-state index contributed by atoms with van der Waals surface area (Å²) < 4.78 is 0. The smallest absolute Gasteiger partial charge is 0.243 e. The number of nitrogen functional groups attached to an aromatic ring is 1. The highest BCUT2D eigenvalue weighted by atomic mass is 16.3. The monoisotopic (exact) mass is 281 g/mol. The molecule has 1 fully saturated rings. The Morgan fingerprint density at radius 1 is 1.25 bits per heavy atom. The second-order valence-corrected chi connectivity index (χ2v) is 5.33. The van der Waals surface area contributed by atoms with Crippen molar-refractivity contribution in [1.29, 1.82) is 0 Å². The van der Waals surface area contributed by atoms with E-state index in [0.717, 1.165) is 25.9 Å². The third-order valence-electron chi connectivity index (χ3n) is 3.53. The average molecular weight is 281 g/mol. The molecule has 5 N–H and O–H groups in total. The molecule has 0 saturated carbocycles. The molecule has 112 valence electrons. The molecule has 1 atom stereocenters. The summed E-state index contributed by atoms with van der Waals surface area (Å²) in [6, 6.07) is 0. The molecule has 1 aromatic rings. The molecular weight excluding hydrogens is 258 g/mol. The van der Waals surface area contributed by atoms with Gasteiger partial charge in [-0.2, -0.15) is 15.0 Å². The van der Waals surface area contributed by atoms with Crippen LogP contribution in [0.15, 0.2) is 0 Å². The molecule has 0 aromatic carbocycles. The molecule has 1 unspecified atom stereocenters. The van der Waals surface area contributed by atoms with Crippen molar-refractivity contribution in [3.63, 3.8) is 0 Å². The lowest BCUT2D eigenvalue weighted by atomic mass is 10.0. The third-order valence-corrected chi connectivity index (χ3v) is 3.53. The molecule has 0 radical (unpaired) electrons. The maximum Gasteiger partial charge on any atom is 0.243 e. The van der Waals surface area contributed by atoms with Gasteiger partial charge in [-0.1, -0.05) is 6.92 Å². The van der Waals surface area contributed by atoms with Crippen LogP contribution in [0.1, 0.15) is 33.1 Å². The standard InChI is InChI=1S/C12H23N7O/c1-3-12(2,20)8-14-9-15-10(18-13)17-11(16-9)19-6-4-5-7-19/h20H,3-8,13H2,1-2H3,(H2,14,15,16,17,18). The van der Waals surface area contributed by atoms with E-state index in [1.165, 1.54) is 0 Å². The first kappa shape index (κ1) is 14.7. The summed E-state index contributed by atoms with van der Waals surface area (Å²) in [7, 11) is 0. The lowest BCUT2D eigenvalue weighted by Gasteiger charge is -2.22. The topological polar surface area (TPSA) is 112 Å². The number of hydrogen-bond donors (Lipinski definition) is 4. The Labute approximate surface area is 118 Å². The molecule has 8 heteroatoms. The number of nitrogens with zero attached hydrogens (tertiary/aromatic N) is 4. The van der Waals surface area contributed by atoms with Gasteiger partial charge in [0, 0.05) is 19.6 Å². The van der Waals surface area contributed by atoms with Crippen LogP contribution >= 0.6 is 0 Å². The van der Waals surface area contributed by atoms with Gasteiger partial charge in [0.1, 0.15) is 0 Å². The molecule has 1 aliphatic rings. The number of aromatic nitrogens is 3. The van der Waals surface area contributed by atoms with Crippen molar-refractivity contribution in [2.45, 2.75) is 38.7 Å². The van der Waals surface area contributed by atoms with E-state index in [-0.39, 0.29) is 0 Å². The van der Waals surface area contributed by atoms with Gasteiger partial charge < -0.3 is 15.3 Å². The Morgan fingerprint density at radius 2 is 1.90 bits per heavy atom. The molecule has 0 aliphatic carbocycles. The minimum absolute atomic E-state index is 0.320. The highest BCUT2D eigenvalue weighted by Crippen LogP contribution is 2.18. The van der Waals surface area contributed by atoms with Crippen LogP contribution in [0.2, 0.25) is 0 Å². The van der Waals surface area contributed by atoms with Gasteiger partial charge in [-0.05, 0) is 26.2 Å². The van der Waals surface area contributed by atoms with Crippen molar-refractivity contribution in [2.24, 2.45) is 5.84 Å². The molecule has 0 bridgehead atoms. The Hall–Kier alpha value is -1.67. The molecule has 20 heavy (non-hydrogen) atoms. The summed E-state index contributed by atoms with van der Waals surface area (Å²) in [6.07, 6.45) is 2.93. The predicted molar refractivity (Wildman–Crippen MR) is 78.5 cm³/mol. The lowest BCUT2D eigenvalue weighted by molar-refractivity contribution is 0.0695. The average Bonchev–Trinajstić information content (AvgIpc) is 2.99. The Morgan fingerprint density at radius 3 is 2.50 bits per heavy atom. The fraction of sp³-hybridized carbons (Fsp3) is 0.750. The van der Waals surface area contributed by atoms with E-state index in [1.807, 2.05) is 6.92 Å². The second-order valence-electron chi connectivity index (χ2n) is 5.33. The maximum atomic E-state index is 10.0. The fourth-order valence-corrected chi connectivity index (χ4v) is 1.96. The summed E-state index contributed by atoms with van der Waals surface area (Å²) in [5.41, 5.74) is 1.66. The van der Waals surface area contributed by atoms with Crippen molar-refractivity contribution < 1.29 is 5.11 Å². The van der Waals surface area contributed by atoms with Gasteiger partial charge >= 0.3 is 0 Å². The summed E-state index contributed by atoms with van der Waals surface area (Å²) in [5.74, 6) is 6.75. The zero-order valence-electron chi connectivity index (χ0n) is 12.1. The minimum Gasteiger partial charge on any atom is -0.388 e. The molecule has 1 aromatic heterocycles. The molecule has 2 rings (SSSR count). The van der Waals surface area contributed by atoms with Gasteiger partial charge in [0.2, 0.25) is 17.8 Å². The van der Waals surface area contributed by atoms with E-state index in [2.05, 4.69) is 30.6 Å². The molecule has 1 aliphatic heterocycles. The summed E-state index contributed by atoms with van der Waals surface area (Å²) >= 11 is 0. The first-order valence-electron chi connectivity index (χ1n) is 6.98. The minimum atomic E-state index is -0.795. The third kappa shape index (κ3) is 3.67. The van der Waals surface area contributed by atoms with Crippen LogP contribution < -0.4 is 21.5 Å². The Balaban J connectivity index is 2.13. The normalized spacial score (nSPS) is 17.9. The molecule has 2 heterocycles. The van der Waals surface area contributed by atoms with Crippen molar-refractivity contribution >= 4 is 17.8 Å². The first-order valence-corrected chi connectivity index (χ1v) is 6.98. The van der Waals surface area contributed by atoms with E-state index < -0.39 is 5.60 Å². The van der Waals surface area contributed by atoms with Crippen LogP contribution in [-0.2, 0) is 0 Å². The van der Waals surface area contributed by atoms with Gasteiger partial charge in [0.15, 0.2) is 0 Å². The van der Waals surface area contributed by atoms with Gasteiger partial charge in [0.25, 0.3) is 0 Å². The highest BCUT2D eigenvalue weighted by Gasteiger charge is 2.20. The number of hydrazine groups is 1. The van der Waals surface area contributed by atoms with Crippen LogP contribution in [0.3, 0.4) is 0 Å². The van der Waals surface area contributed by atoms with Gasteiger partial charge in [-0.15, -0.1) is 0 Å². The number of nitrogens with one attached hydrogen (secondary N) is 2. The van der Waals surface area contributed by atoms with E-state index in [1.54, 1.807) is 6.92 Å². The van der Waals surface area contributed by atoms with Gasteiger partial charge in [-0.25, -0.2) is 5.84 Å². The van der Waals surface area contributed by atoms with E-state index >= 15 is 0 Å². The second kappa shape index (κ2) is 6.19. The summed E-state index contributed by atoms with van der Waals surface area (Å²) in [6.45, 7) is 5.96. The van der Waals surface area contributed by atoms with E-state index in [4.69, 9.17) is 5.84 Å². The van der Waals surface area contributed by atoms with Crippen LogP contribution in [-0.4, -0.2) is 45.3 Å². The molecule has 0 amide bonds. The Kier molecular flexibility index (Phi) is 4.56. The zero-order chi connectivity index (χ0) is 14.6. The first-order chi connectivity index (χ1) is 9.54. The fourth-order valence-electron chi connectivity index (χ4n) is 1.96. The molecule has 8 nitrogen and oxygen atoms in total. The molecule has 0 spiro atoms. The number of hydrogen-bond acceptors (Lipinski definition) is 8. The SMILES string of the molecule is CCC(C)(O)CNc1nc(NN)nc(N2CCCC2)n1. The number of anilines is 3. The van der Waals surface area contributed by atoms with Crippen LogP contribution in [0.4, 0.5) is 17.8 Å². The van der Waals surface area contributed by atoms with Crippen LogP contribution in [0.25, 0.3) is 0 Å². The van der Waals surface area contributed by atoms with Crippen LogP contribution in [0.5, 0.6) is 0 Å². The van der Waals surface area contributed by atoms with Crippen molar-refractivity contribution in [3.05, 3.63) is 0 Å². The van der Waals surface area contributed by atoms with Crippen molar-refractivity contribution in [1.82, 2.24) is 15.0 Å². The van der Waals surface area contributed by atoms with E-state index in [9.17, 15) is 5.11 Å². The Bertz CT molecular complexity index is 445. The van der Waals surface area contributed by atoms with Gasteiger partial charge in [-0.3, -0.25) is 5.43 Å². The predicted octanol–water partition coefficient (Wildman–Crippen LogP) is 0.330. The number of aliphatic hydroxyl groups is 1. The maximum absolute atomic E-state index is 10.0. The van der Waals surface area contributed by atoms with Crippen molar-refractivity contribution in [2.75, 3.05) is 35.3 Å². The number of rotatable bonds is 6. The van der Waals surface area contributed by atoms with Crippen LogP contribution in [0, 0.1) is 0 Å². The van der Waals surface area contributed by atoms with Crippen molar-refractivity contribution in [3.8, 4) is 0 Å². The lowest BCUT2D eigenvalue weighted by Crippen LogP contribution is -2.33. The molecular formula is C12H23N7O. The largest absolute Gasteiger partial charge is 0.388 e. The summed E-state index contributed by atoms with van der Waals surface area (Å²) in [5, 5.41) is 13.0. The molecule has 1 saturated heterocycles.